The van der Waals surface area contributed by atoms with Crippen LogP contribution in [0.3, 0.4) is 0 Å². The molecule has 3 nitrogen and oxygen atoms in total. The van der Waals surface area contributed by atoms with Gasteiger partial charge >= 0.3 is 0 Å². The van der Waals surface area contributed by atoms with Gasteiger partial charge in [0.15, 0.2) is 6.54 Å². The molecule has 0 aromatic heterocycles. The second-order valence-electron chi connectivity index (χ2n) is 6.29. The first-order chi connectivity index (χ1) is 9.44. The first-order valence-electron chi connectivity index (χ1n) is 7.33. The minimum absolute atomic E-state index is 0.0896. The summed E-state index contributed by atoms with van der Waals surface area (Å²) < 4.78 is 0. The summed E-state index contributed by atoms with van der Waals surface area (Å²) >= 11 is 5.92. The molecule has 2 N–H and O–H groups in total. The Hall–Kier alpha value is -1.06. The van der Waals surface area contributed by atoms with Crippen molar-refractivity contribution in [3.05, 3.63) is 28.8 Å². The van der Waals surface area contributed by atoms with E-state index < -0.39 is 0 Å². The summed E-state index contributed by atoms with van der Waals surface area (Å²) in [6.07, 6.45) is 1.28. The lowest BCUT2D eigenvalue weighted by Crippen LogP contribution is -3.15. The standard InChI is InChI=1S/C16H23ClN2O/c1-11-6-12(2)9-19(8-11)10-16(20)18-15-5-4-14(17)7-13(15)3/h4-5,7,11-12H,6,8-10H2,1-3H3,(H,18,20)/p+1/t11-,12-/m1/s1. The van der Waals surface area contributed by atoms with Gasteiger partial charge in [-0.1, -0.05) is 25.4 Å². The summed E-state index contributed by atoms with van der Waals surface area (Å²) in [5.41, 5.74) is 1.86. The number of carbonyl (C=O) groups is 1. The molecule has 1 amide bonds. The Balaban J connectivity index is 1.92. The summed E-state index contributed by atoms with van der Waals surface area (Å²) in [6.45, 7) is 9.25. The zero-order chi connectivity index (χ0) is 14.7. The molecular formula is C16H24ClN2O+. The highest BCUT2D eigenvalue weighted by Crippen LogP contribution is 2.19. The van der Waals surface area contributed by atoms with Crippen LogP contribution in [0.4, 0.5) is 5.69 Å². The number of quaternary nitrogens is 1. The number of halogens is 1. The Kier molecular flexibility index (Phi) is 5.06. The molecule has 4 heteroatoms. The molecule has 0 unspecified atom stereocenters. The van der Waals surface area contributed by atoms with E-state index >= 15 is 0 Å². The topological polar surface area (TPSA) is 33.5 Å². The molecule has 2 rings (SSSR count). The average Bonchev–Trinajstić information content (AvgIpc) is 2.31. The van der Waals surface area contributed by atoms with Crippen molar-refractivity contribution >= 4 is 23.2 Å². The van der Waals surface area contributed by atoms with Crippen molar-refractivity contribution in [2.24, 2.45) is 11.8 Å². The van der Waals surface area contributed by atoms with Crippen LogP contribution in [0.5, 0.6) is 0 Å². The van der Waals surface area contributed by atoms with Crippen molar-refractivity contribution in [2.45, 2.75) is 27.2 Å². The molecule has 0 aliphatic carbocycles. The van der Waals surface area contributed by atoms with Crippen LogP contribution in [0.25, 0.3) is 0 Å². The highest BCUT2D eigenvalue weighted by atomic mass is 35.5. The predicted molar refractivity (Wildman–Crippen MR) is 83.3 cm³/mol. The first kappa shape index (κ1) is 15.3. The summed E-state index contributed by atoms with van der Waals surface area (Å²) in [7, 11) is 0. The van der Waals surface area contributed by atoms with Gasteiger partial charge in [-0.25, -0.2) is 0 Å². The molecule has 0 saturated carbocycles. The maximum atomic E-state index is 12.2. The van der Waals surface area contributed by atoms with Crippen LogP contribution in [-0.2, 0) is 4.79 Å². The lowest BCUT2D eigenvalue weighted by atomic mass is 9.92. The van der Waals surface area contributed by atoms with E-state index in [9.17, 15) is 4.79 Å². The van der Waals surface area contributed by atoms with E-state index in [1.807, 2.05) is 25.1 Å². The normalized spacial score (nSPS) is 26.3. The molecule has 1 aromatic rings. The van der Waals surface area contributed by atoms with Crippen LogP contribution in [-0.4, -0.2) is 25.5 Å². The van der Waals surface area contributed by atoms with Crippen molar-refractivity contribution in [2.75, 3.05) is 25.0 Å². The van der Waals surface area contributed by atoms with Gasteiger partial charge in [0.2, 0.25) is 0 Å². The molecule has 2 atom stereocenters. The van der Waals surface area contributed by atoms with Crippen LogP contribution in [0.2, 0.25) is 5.02 Å². The number of nitrogens with one attached hydrogen (secondary N) is 2. The number of carbonyl (C=O) groups excluding carboxylic acids is 1. The second-order valence-corrected chi connectivity index (χ2v) is 6.72. The number of aryl methyl sites for hydroxylation is 1. The molecule has 1 saturated heterocycles. The van der Waals surface area contributed by atoms with Crippen LogP contribution >= 0.6 is 11.6 Å². The number of likely N-dealkylation sites (tertiary alicyclic amines) is 1. The van der Waals surface area contributed by atoms with E-state index in [0.29, 0.717) is 23.4 Å². The number of piperidine rings is 1. The zero-order valence-electron chi connectivity index (χ0n) is 12.5. The molecule has 1 fully saturated rings. The quantitative estimate of drug-likeness (QED) is 0.880. The van der Waals surface area contributed by atoms with E-state index in [-0.39, 0.29) is 5.91 Å². The first-order valence-corrected chi connectivity index (χ1v) is 7.71. The maximum absolute atomic E-state index is 12.2. The Morgan fingerprint density at radius 3 is 2.60 bits per heavy atom. The third-order valence-electron chi connectivity index (χ3n) is 3.95. The second kappa shape index (κ2) is 6.59. The van der Waals surface area contributed by atoms with Gasteiger partial charge in [0.25, 0.3) is 5.91 Å². The largest absolute Gasteiger partial charge is 0.327 e. The van der Waals surface area contributed by atoms with Gasteiger partial charge in [-0.15, -0.1) is 0 Å². The zero-order valence-corrected chi connectivity index (χ0v) is 13.3. The molecular weight excluding hydrogens is 272 g/mol. The third-order valence-corrected chi connectivity index (χ3v) is 4.19. The highest BCUT2D eigenvalue weighted by Gasteiger charge is 2.26. The molecule has 0 spiro atoms. The van der Waals surface area contributed by atoms with E-state index in [0.717, 1.165) is 24.3 Å². The van der Waals surface area contributed by atoms with Crippen molar-refractivity contribution in [1.82, 2.24) is 0 Å². The monoisotopic (exact) mass is 295 g/mol. The summed E-state index contributed by atoms with van der Waals surface area (Å²) in [6, 6.07) is 5.55. The predicted octanol–water partition coefficient (Wildman–Crippen LogP) is 2.15. The van der Waals surface area contributed by atoms with E-state index in [1.54, 1.807) is 0 Å². The van der Waals surface area contributed by atoms with E-state index in [2.05, 4.69) is 19.2 Å². The SMILES string of the molecule is Cc1cc(Cl)ccc1NC(=O)C[NH+]1C[C@H](C)C[C@@H](C)C1. The van der Waals surface area contributed by atoms with E-state index in [4.69, 9.17) is 11.6 Å². The number of anilines is 1. The fourth-order valence-electron chi connectivity index (χ4n) is 3.26. The lowest BCUT2D eigenvalue weighted by Gasteiger charge is -2.31. The van der Waals surface area contributed by atoms with Gasteiger partial charge in [-0.05, 0) is 37.1 Å². The molecule has 110 valence electrons. The number of amides is 1. The summed E-state index contributed by atoms with van der Waals surface area (Å²) in [5.74, 6) is 1.50. The molecule has 0 bridgehead atoms. The van der Waals surface area contributed by atoms with Gasteiger partial charge in [0.05, 0.1) is 13.1 Å². The van der Waals surface area contributed by atoms with Crippen molar-refractivity contribution in [1.29, 1.82) is 0 Å². The average molecular weight is 296 g/mol. The van der Waals surface area contributed by atoms with Crippen LogP contribution < -0.4 is 10.2 Å². The van der Waals surface area contributed by atoms with Gasteiger partial charge in [0, 0.05) is 22.5 Å². The minimum atomic E-state index is 0.0896. The molecule has 0 radical (unpaired) electrons. The van der Waals surface area contributed by atoms with Crippen LogP contribution in [0, 0.1) is 18.8 Å². The highest BCUT2D eigenvalue weighted by molar-refractivity contribution is 6.30. The van der Waals surface area contributed by atoms with Crippen molar-refractivity contribution in [3.63, 3.8) is 0 Å². The Bertz CT molecular complexity index is 479. The van der Waals surface area contributed by atoms with Gasteiger partial charge in [-0.2, -0.15) is 0 Å². The molecule has 1 heterocycles. The van der Waals surface area contributed by atoms with Gasteiger partial charge in [-0.3, -0.25) is 4.79 Å². The lowest BCUT2D eigenvalue weighted by molar-refractivity contribution is -0.904. The molecule has 20 heavy (non-hydrogen) atoms. The fraction of sp³-hybridized carbons (Fsp3) is 0.562. The molecule has 1 aromatic carbocycles. The summed E-state index contributed by atoms with van der Waals surface area (Å²) in [4.78, 5) is 13.6. The number of rotatable bonds is 3. The smallest absolute Gasteiger partial charge is 0.279 e. The minimum Gasteiger partial charge on any atom is -0.327 e. The fourth-order valence-corrected chi connectivity index (χ4v) is 3.48. The number of hydrogen-bond donors (Lipinski definition) is 2. The Morgan fingerprint density at radius 2 is 2.00 bits per heavy atom. The Morgan fingerprint density at radius 1 is 1.35 bits per heavy atom. The van der Waals surface area contributed by atoms with Gasteiger partial charge in [0.1, 0.15) is 0 Å². The van der Waals surface area contributed by atoms with Crippen molar-refractivity contribution in [3.8, 4) is 0 Å². The number of benzene rings is 1. The number of hydrogen-bond acceptors (Lipinski definition) is 1. The van der Waals surface area contributed by atoms with E-state index in [1.165, 1.54) is 11.3 Å². The molecule has 1 aliphatic rings. The molecule has 1 aliphatic heterocycles. The van der Waals surface area contributed by atoms with Crippen molar-refractivity contribution < 1.29 is 9.69 Å². The van der Waals surface area contributed by atoms with Gasteiger partial charge < -0.3 is 10.2 Å². The Labute approximate surface area is 126 Å². The summed E-state index contributed by atoms with van der Waals surface area (Å²) in [5, 5.41) is 3.69. The maximum Gasteiger partial charge on any atom is 0.279 e. The van der Waals surface area contributed by atoms with Crippen LogP contribution in [0.1, 0.15) is 25.8 Å². The van der Waals surface area contributed by atoms with Crippen LogP contribution in [0.15, 0.2) is 18.2 Å². The third kappa shape index (κ3) is 4.22.